The maximum atomic E-state index is 9.44. The third-order valence-electron chi connectivity index (χ3n) is 3.46. The Morgan fingerprint density at radius 3 is 2.93 bits per heavy atom. The summed E-state index contributed by atoms with van der Waals surface area (Å²) in [5.41, 5.74) is -0.111. The van der Waals surface area contributed by atoms with Crippen molar-refractivity contribution in [3.05, 3.63) is 0 Å². The highest BCUT2D eigenvalue weighted by molar-refractivity contribution is 5.09. The summed E-state index contributed by atoms with van der Waals surface area (Å²) in [5, 5.41) is 9.44. The molecule has 2 rings (SSSR count). The van der Waals surface area contributed by atoms with Crippen LogP contribution in [0.2, 0.25) is 0 Å². The molecule has 0 aromatic heterocycles. The van der Waals surface area contributed by atoms with Crippen molar-refractivity contribution in [3.63, 3.8) is 0 Å². The van der Waals surface area contributed by atoms with Gasteiger partial charge in [0.2, 0.25) is 5.79 Å². The molecule has 3 atom stereocenters. The van der Waals surface area contributed by atoms with Crippen LogP contribution in [0.4, 0.5) is 0 Å². The first-order valence-corrected chi connectivity index (χ1v) is 5.68. The van der Waals surface area contributed by atoms with Gasteiger partial charge in [0, 0.05) is 12.8 Å². The summed E-state index contributed by atoms with van der Waals surface area (Å²) >= 11 is 0. The molecule has 0 spiro atoms. The largest absolute Gasteiger partial charge is 0.368 e. The van der Waals surface area contributed by atoms with Crippen LogP contribution < -0.4 is 0 Å². The number of hydrogen-bond donors (Lipinski definition) is 1. The van der Waals surface area contributed by atoms with Crippen LogP contribution in [0.1, 0.15) is 52.4 Å². The number of rotatable bonds is 4. The minimum absolute atomic E-state index is 0.111. The van der Waals surface area contributed by atoms with E-state index < -0.39 is 12.1 Å². The van der Waals surface area contributed by atoms with Gasteiger partial charge in [0.25, 0.3) is 0 Å². The maximum absolute atomic E-state index is 9.44. The highest BCUT2D eigenvalue weighted by Crippen LogP contribution is 2.58. The van der Waals surface area contributed by atoms with E-state index in [1.165, 1.54) is 12.8 Å². The number of ether oxygens (including phenoxy) is 2. The van der Waals surface area contributed by atoms with E-state index in [2.05, 4.69) is 13.8 Å². The van der Waals surface area contributed by atoms with E-state index in [0.717, 1.165) is 19.3 Å². The van der Waals surface area contributed by atoms with E-state index in [9.17, 15) is 5.11 Å². The Morgan fingerprint density at radius 2 is 2.21 bits per heavy atom. The summed E-state index contributed by atoms with van der Waals surface area (Å²) in [6, 6.07) is 0. The average molecular weight is 200 g/mol. The Kier molecular flexibility index (Phi) is 2.58. The first kappa shape index (κ1) is 10.4. The Balaban J connectivity index is 1.89. The van der Waals surface area contributed by atoms with Crippen molar-refractivity contribution in [2.75, 3.05) is 0 Å². The van der Waals surface area contributed by atoms with E-state index in [1.807, 2.05) is 0 Å². The van der Waals surface area contributed by atoms with Gasteiger partial charge in [0.05, 0.1) is 0 Å². The van der Waals surface area contributed by atoms with Crippen molar-refractivity contribution >= 4 is 0 Å². The molecule has 0 bridgehead atoms. The second kappa shape index (κ2) is 3.47. The monoisotopic (exact) mass is 200 g/mol. The predicted molar refractivity (Wildman–Crippen MR) is 52.7 cm³/mol. The molecule has 3 nitrogen and oxygen atoms in total. The number of aliphatic hydroxyl groups is 1. The van der Waals surface area contributed by atoms with Crippen molar-refractivity contribution < 1.29 is 14.6 Å². The molecule has 0 amide bonds. The molecule has 3 heteroatoms. The number of unbranched alkanes of at least 4 members (excludes halogenated alkanes) is 2. The molecule has 2 heterocycles. The molecule has 2 saturated heterocycles. The van der Waals surface area contributed by atoms with Gasteiger partial charge in [0.1, 0.15) is 5.60 Å². The zero-order valence-corrected chi connectivity index (χ0v) is 9.08. The zero-order valence-electron chi connectivity index (χ0n) is 9.08. The standard InChI is InChI=1S/C11H20O3/c1-3-4-5-7-11-10(2,14-11)8-6-9(12)13-11/h9,12H,3-8H2,1-2H3. The van der Waals surface area contributed by atoms with E-state index in [0.29, 0.717) is 6.42 Å². The lowest BCUT2D eigenvalue weighted by Crippen LogP contribution is -2.37. The highest BCUT2D eigenvalue weighted by Gasteiger charge is 2.70. The zero-order chi connectivity index (χ0) is 10.2. The number of epoxide rings is 1. The van der Waals surface area contributed by atoms with Gasteiger partial charge in [-0.15, -0.1) is 0 Å². The molecule has 3 unspecified atom stereocenters. The lowest BCUT2D eigenvalue weighted by Gasteiger charge is -2.26. The third kappa shape index (κ3) is 1.58. The van der Waals surface area contributed by atoms with Crippen molar-refractivity contribution in [1.82, 2.24) is 0 Å². The van der Waals surface area contributed by atoms with Gasteiger partial charge in [-0.2, -0.15) is 0 Å². The van der Waals surface area contributed by atoms with Gasteiger partial charge in [-0.25, -0.2) is 0 Å². The molecular weight excluding hydrogens is 180 g/mol. The number of fused-ring (bicyclic) bond motifs is 1. The van der Waals surface area contributed by atoms with E-state index in [4.69, 9.17) is 9.47 Å². The first-order valence-electron chi connectivity index (χ1n) is 5.68. The van der Waals surface area contributed by atoms with Crippen molar-refractivity contribution in [3.8, 4) is 0 Å². The van der Waals surface area contributed by atoms with Crippen LogP contribution in [0, 0.1) is 0 Å². The topological polar surface area (TPSA) is 42.0 Å². The van der Waals surface area contributed by atoms with Crippen LogP contribution in [0.3, 0.4) is 0 Å². The smallest absolute Gasteiger partial charge is 0.201 e. The minimum Gasteiger partial charge on any atom is -0.368 e. The second-order valence-corrected chi connectivity index (χ2v) is 4.65. The molecule has 2 fully saturated rings. The highest BCUT2D eigenvalue weighted by atomic mass is 16.8. The summed E-state index contributed by atoms with van der Waals surface area (Å²) < 4.78 is 11.2. The van der Waals surface area contributed by atoms with Gasteiger partial charge < -0.3 is 14.6 Å². The molecule has 0 aromatic rings. The molecule has 2 aliphatic heterocycles. The molecule has 2 aliphatic rings. The van der Waals surface area contributed by atoms with E-state index in [1.54, 1.807) is 0 Å². The third-order valence-corrected chi connectivity index (χ3v) is 3.46. The van der Waals surface area contributed by atoms with Crippen molar-refractivity contribution in [1.29, 1.82) is 0 Å². The normalized spacial score (nSPS) is 46.1. The Morgan fingerprint density at radius 1 is 1.43 bits per heavy atom. The molecule has 1 N–H and O–H groups in total. The van der Waals surface area contributed by atoms with Gasteiger partial charge in [-0.3, -0.25) is 0 Å². The molecule has 0 aliphatic carbocycles. The molecule has 0 saturated carbocycles. The fourth-order valence-corrected chi connectivity index (χ4v) is 2.39. The van der Waals surface area contributed by atoms with Crippen LogP contribution >= 0.6 is 0 Å². The van der Waals surface area contributed by atoms with Crippen LogP contribution in [0.15, 0.2) is 0 Å². The van der Waals surface area contributed by atoms with E-state index in [-0.39, 0.29) is 5.60 Å². The summed E-state index contributed by atoms with van der Waals surface area (Å²) in [7, 11) is 0. The fourth-order valence-electron chi connectivity index (χ4n) is 2.39. The number of aliphatic hydroxyl groups excluding tert-OH is 1. The summed E-state index contributed by atoms with van der Waals surface area (Å²) in [6.45, 7) is 4.27. The Labute approximate surface area is 85.4 Å². The summed E-state index contributed by atoms with van der Waals surface area (Å²) in [6.07, 6.45) is 5.46. The molecule has 14 heavy (non-hydrogen) atoms. The lowest BCUT2D eigenvalue weighted by molar-refractivity contribution is -0.197. The Hall–Kier alpha value is -0.120. The first-order chi connectivity index (χ1) is 6.62. The summed E-state index contributed by atoms with van der Waals surface area (Å²) in [5.74, 6) is -0.445. The van der Waals surface area contributed by atoms with Gasteiger partial charge in [-0.05, 0) is 19.8 Å². The van der Waals surface area contributed by atoms with Gasteiger partial charge >= 0.3 is 0 Å². The molecule has 0 radical (unpaired) electrons. The predicted octanol–water partition coefficient (Wildman–Crippen LogP) is 2.18. The van der Waals surface area contributed by atoms with Crippen molar-refractivity contribution in [2.45, 2.75) is 70.1 Å². The number of hydrogen-bond acceptors (Lipinski definition) is 3. The Bertz CT molecular complexity index is 219. The molecule has 0 aromatic carbocycles. The van der Waals surface area contributed by atoms with Gasteiger partial charge in [-0.1, -0.05) is 19.8 Å². The van der Waals surface area contributed by atoms with Crippen LogP contribution in [-0.4, -0.2) is 22.8 Å². The average Bonchev–Trinajstić information content (AvgIpc) is 2.72. The maximum Gasteiger partial charge on any atom is 0.201 e. The fraction of sp³-hybridized carbons (Fsp3) is 1.00. The minimum atomic E-state index is -0.618. The quantitative estimate of drug-likeness (QED) is 0.558. The van der Waals surface area contributed by atoms with Crippen molar-refractivity contribution in [2.24, 2.45) is 0 Å². The van der Waals surface area contributed by atoms with Crippen LogP contribution in [0.5, 0.6) is 0 Å². The van der Waals surface area contributed by atoms with Gasteiger partial charge in [0.15, 0.2) is 6.29 Å². The van der Waals surface area contributed by atoms with Crippen LogP contribution in [-0.2, 0) is 9.47 Å². The van der Waals surface area contributed by atoms with E-state index >= 15 is 0 Å². The van der Waals surface area contributed by atoms with Crippen LogP contribution in [0.25, 0.3) is 0 Å². The molecular formula is C11H20O3. The summed E-state index contributed by atoms with van der Waals surface area (Å²) in [4.78, 5) is 0. The molecule has 82 valence electrons. The SMILES string of the molecule is CCCCCC12OC(O)CCC1(C)O2. The second-order valence-electron chi connectivity index (χ2n) is 4.65. The lowest BCUT2D eigenvalue weighted by atomic mass is 9.92.